The Balaban J connectivity index is 3.66. The molecule has 1 heteroatoms. The summed E-state index contributed by atoms with van der Waals surface area (Å²) in [6.45, 7) is 4.34. The number of hydrogen-bond donors (Lipinski definition) is 0. The van der Waals surface area contributed by atoms with E-state index in [0.29, 0.717) is 6.42 Å². The molecule has 0 spiro atoms. The van der Waals surface area contributed by atoms with Gasteiger partial charge in [0.1, 0.15) is 0 Å². The van der Waals surface area contributed by atoms with Crippen LogP contribution in [0.4, 0.5) is 0 Å². The smallest absolute Gasteiger partial charge is 0.0663 e. The zero-order valence-electron chi connectivity index (χ0n) is 7.56. The molecule has 0 rings (SSSR count). The third kappa shape index (κ3) is 5.66. The maximum atomic E-state index is 8.34. The van der Waals surface area contributed by atoms with Crippen molar-refractivity contribution < 1.29 is 0 Å². The maximum Gasteiger partial charge on any atom is 0.0663 e. The highest BCUT2D eigenvalue weighted by molar-refractivity contribution is 5.04. The van der Waals surface area contributed by atoms with Crippen LogP contribution in [0, 0.1) is 11.3 Å². The van der Waals surface area contributed by atoms with Gasteiger partial charge in [-0.1, -0.05) is 31.9 Å². The van der Waals surface area contributed by atoms with Gasteiger partial charge in [0.15, 0.2) is 0 Å². The number of allylic oxidation sites excluding steroid dienone is 2. The molecule has 11 heavy (non-hydrogen) atoms. The first-order valence-electron chi connectivity index (χ1n) is 4.40. The molecule has 1 nitrogen and oxygen atoms in total. The van der Waals surface area contributed by atoms with Gasteiger partial charge in [-0.3, -0.25) is 0 Å². The molecule has 0 saturated heterocycles. The van der Waals surface area contributed by atoms with E-state index in [1.807, 2.05) is 0 Å². The molecule has 0 atom stereocenters. The molecule has 0 N–H and O–H groups in total. The van der Waals surface area contributed by atoms with Crippen molar-refractivity contribution >= 4 is 0 Å². The summed E-state index contributed by atoms with van der Waals surface area (Å²) < 4.78 is 0. The molecular formula is C10H17N. The summed E-state index contributed by atoms with van der Waals surface area (Å²) in [5.41, 5.74) is 1.44. The SMILES string of the molecule is CCCC/C(=C\CC#N)CC. The van der Waals surface area contributed by atoms with Crippen LogP contribution in [0.1, 0.15) is 46.0 Å². The monoisotopic (exact) mass is 151 g/mol. The van der Waals surface area contributed by atoms with Crippen molar-refractivity contribution in [3.8, 4) is 6.07 Å². The molecule has 0 aliphatic carbocycles. The van der Waals surface area contributed by atoms with E-state index in [1.165, 1.54) is 24.8 Å². The van der Waals surface area contributed by atoms with E-state index in [-0.39, 0.29) is 0 Å². The zero-order chi connectivity index (χ0) is 8.53. The van der Waals surface area contributed by atoms with Crippen LogP contribution in [0.25, 0.3) is 0 Å². The van der Waals surface area contributed by atoms with Gasteiger partial charge in [0.05, 0.1) is 12.5 Å². The van der Waals surface area contributed by atoms with Crippen molar-refractivity contribution in [2.45, 2.75) is 46.0 Å². The van der Waals surface area contributed by atoms with Crippen LogP contribution in [0.2, 0.25) is 0 Å². The molecule has 0 fully saturated rings. The molecule has 0 heterocycles. The van der Waals surface area contributed by atoms with Gasteiger partial charge in [-0.15, -0.1) is 0 Å². The van der Waals surface area contributed by atoms with Gasteiger partial charge in [-0.2, -0.15) is 5.26 Å². The molecule has 0 aliphatic heterocycles. The molecule has 0 aromatic rings. The van der Waals surface area contributed by atoms with Gasteiger partial charge in [-0.05, 0) is 19.3 Å². The summed E-state index contributed by atoms with van der Waals surface area (Å²) in [5, 5.41) is 8.34. The summed E-state index contributed by atoms with van der Waals surface area (Å²) in [6.07, 6.45) is 7.41. The van der Waals surface area contributed by atoms with Gasteiger partial charge in [0.25, 0.3) is 0 Å². The maximum absolute atomic E-state index is 8.34. The number of nitriles is 1. The topological polar surface area (TPSA) is 23.8 Å². The highest BCUT2D eigenvalue weighted by Gasteiger charge is 1.91. The Morgan fingerprint density at radius 2 is 2.18 bits per heavy atom. The van der Waals surface area contributed by atoms with Crippen LogP contribution in [0.5, 0.6) is 0 Å². The van der Waals surface area contributed by atoms with Crippen molar-refractivity contribution in [3.63, 3.8) is 0 Å². The van der Waals surface area contributed by atoms with Crippen LogP contribution in [0.15, 0.2) is 11.6 Å². The number of unbranched alkanes of at least 4 members (excludes halogenated alkanes) is 1. The highest BCUT2D eigenvalue weighted by atomic mass is 14.2. The largest absolute Gasteiger partial charge is 0.198 e. The quantitative estimate of drug-likeness (QED) is 0.552. The van der Waals surface area contributed by atoms with E-state index in [2.05, 4.69) is 26.0 Å². The summed E-state index contributed by atoms with van der Waals surface area (Å²) in [5.74, 6) is 0. The van der Waals surface area contributed by atoms with E-state index in [1.54, 1.807) is 0 Å². The Kier molecular flexibility index (Phi) is 6.82. The fourth-order valence-corrected chi connectivity index (χ4v) is 1.02. The second kappa shape index (κ2) is 7.34. The molecule has 0 aliphatic rings. The number of rotatable bonds is 5. The fraction of sp³-hybridized carbons (Fsp3) is 0.700. The molecule has 0 amide bonds. The molecule has 0 bridgehead atoms. The molecule has 0 saturated carbocycles. The van der Waals surface area contributed by atoms with Gasteiger partial charge in [-0.25, -0.2) is 0 Å². The van der Waals surface area contributed by atoms with E-state index in [9.17, 15) is 0 Å². The fourth-order valence-electron chi connectivity index (χ4n) is 1.02. The van der Waals surface area contributed by atoms with E-state index < -0.39 is 0 Å². The lowest BCUT2D eigenvalue weighted by atomic mass is 10.1. The Morgan fingerprint density at radius 3 is 2.64 bits per heavy atom. The van der Waals surface area contributed by atoms with Gasteiger partial charge in [0, 0.05) is 0 Å². The van der Waals surface area contributed by atoms with Crippen LogP contribution in [-0.4, -0.2) is 0 Å². The third-order valence-corrected chi connectivity index (χ3v) is 1.79. The average Bonchev–Trinajstić information content (AvgIpc) is 2.05. The molecule has 0 unspecified atom stereocenters. The molecule has 62 valence electrons. The van der Waals surface area contributed by atoms with E-state index in [0.717, 1.165) is 6.42 Å². The normalized spacial score (nSPS) is 11.2. The van der Waals surface area contributed by atoms with Gasteiger partial charge < -0.3 is 0 Å². The van der Waals surface area contributed by atoms with E-state index >= 15 is 0 Å². The number of hydrogen-bond acceptors (Lipinski definition) is 1. The lowest BCUT2D eigenvalue weighted by Crippen LogP contribution is -1.81. The Labute approximate surface area is 69.7 Å². The van der Waals surface area contributed by atoms with Crippen LogP contribution >= 0.6 is 0 Å². The average molecular weight is 151 g/mol. The Morgan fingerprint density at radius 1 is 1.45 bits per heavy atom. The Bertz CT molecular complexity index is 151. The van der Waals surface area contributed by atoms with Gasteiger partial charge in [0.2, 0.25) is 0 Å². The second-order valence-corrected chi connectivity index (χ2v) is 2.68. The van der Waals surface area contributed by atoms with E-state index in [4.69, 9.17) is 5.26 Å². The Hall–Kier alpha value is -0.770. The van der Waals surface area contributed by atoms with Crippen LogP contribution in [0.3, 0.4) is 0 Å². The minimum absolute atomic E-state index is 0.576. The lowest BCUT2D eigenvalue weighted by Gasteiger charge is -2.00. The summed E-state index contributed by atoms with van der Waals surface area (Å²) in [6, 6.07) is 2.13. The summed E-state index contributed by atoms with van der Waals surface area (Å²) in [7, 11) is 0. The van der Waals surface area contributed by atoms with Crippen molar-refractivity contribution in [1.82, 2.24) is 0 Å². The second-order valence-electron chi connectivity index (χ2n) is 2.68. The van der Waals surface area contributed by atoms with Gasteiger partial charge >= 0.3 is 0 Å². The molecular weight excluding hydrogens is 134 g/mol. The third-order valence-electron chi connectivity index (χ3n) is 1.79. The van der Waals surface area contributed by atoms with Crippen molar-refractivity contribution in [3.05, 3.63) is 11.6 Å². The zero-order valence-corrected chi connectivity index (χ0v) is 7.56. The van der Waals surface area contributed by atoms with Crippen molar-refractivity contribution in [1.29, 1.82) is 5.26 Å². The standard InChI is InChI=1S/C10H17N/c1-3-5-7-10(4-2)8-6-9-11/h8H,3-7H2,1-2H3/b10-8-. The minimum Gasteiger partial charge on any atom is -0.198 e. The number of nitrogens with zero attached hydrogens (tertiary/aromatic N) is 1. The predicted molar refractivity (Wildman–Crippen MR) is 48.1 cm³/mol. The van der Waals surface area contributed by atoms with Crippen molar-refractivity contribution in [2.75, 3.05) is 0 Å². The van der Waals surface area contributed by atoms with Crippen LogP contribution in [-0.2, 0) is 0 Å². The molecule has 0 radical (unpaired) electrons. The predicted octanol–water partition coefficient (Wildman–Crippen LogP) is 3.43. The molecule has 0 aromatic heterocycles. The van der Waals surface area contributed by atoms with Crippen molar-refractivity contribution in [2.24, 2.45) is 0 Å². The summed E-state index contributed by atoms with van der Waals surface area (Å²) in [4.78, 5) is 0. The summed E-state index contributed by atoms with van der Waals surface area (Å²) >= 11 is 0. The highest BCUT2D eigenvalue weighted by Crippen LogP contribution is 2.11. The van der Waals surface area contributed by atoms with Crippen LogP contribution < -0.4 is 0 Å². The first-order valence-corrected chi connectivity index (χ1v) is 4.40. The lowest BCUT2D eigenvalue weighted by molar-refractivity contribution is 0.763. The molecule has 0 aromatic carbocycles. The first kappa shape index (κ1) is 10.2. The minimum atomic E-state index is 0.576. The first-order chi connectivity index (χ1) is 5.35.